The summed E-state index contributed by atoms with van der Waals surface area (Å²) in [6.07, 6.45) is 1.04. The van der Waals surface area contributed by atoms with E-state index in [0.717, 1.165) is 40.9 Å². The highest BCUT2D eigenvalue weighted by Crippen LogP contribution is 2.21. The summed E-state index contributed by atoms with van der Waals surface area (Å²) >= 11 is 13.4. The molecular formula is C19H23ClN2OS2. The average Bonchev–Trinajstić information content (AvgIpc) is 2.60. The largest absolute Gasteiger partial charge is 0.494 e. The molecule has 2 N–H and O–H groups in total. The fourth-order valence-electron chi connectivity index (χ4n) is 2.18. The molecule has 6 heteroatoms. The predicted molar refractivity (Wildman–Crippen MR) is 114 cm³/mol. The number of hydrogen-bond acceptors (Lipinski definition) is 3. The molecule has 0 bridgehead atoms. The molecule has 3 nitrogen and oxygen atoms in total. The standard InChI is InChI=1S/C19H23ClN2OS2/c1-2-23-17-9-5-8-16(13-17)22-19(24)21-11-6-12-25-14-15-7-3-4-10-18(15)20/h3-5,7-10,13H,2,6,11-12,14H2,1H3,(H2,21,22,24). The number of hydrogen-bond donors (Lipinski definition) is 2. The van der Waals surface area contributed by atoms with Gasteiger partial charge in [-0.1, -0.05) is 35.9 Å². The third-order valence-electron chi connectivity index (χ3n) is 3.37. The molecule has 0 saturated carbocycles. The molecule has 25 heavy (non-hydrogen) atoms. The molecule has 0 radical (unpaired) electrons. The molecule has 0 heterocycles. The lowest BCUT2D eigenvalue weighted by Gasteiger charge is -2.11. The Morgan fingerprint density at radius 1 is 1.20 bits per heavy atom. The van der Waals surface area contributed by atoms with E-state index in [-0.39, 0.29) is 0 Å². The van der Waals surface area contributed by atoms with Gasteiger partial charge in [-0.3, -0.25) is 0 Å². The third-order valence-corrected chi connectivity index (χ3v) is 5.08. The molecule has 0 aliphatic carbocycles. The number of halogens is 1. The summed E-state index contributed by atoms with van der Waals surface area (Å²) in [7, 11) is 0. The summed E-state index contributed by atoms with van der Waals surface area (Å²) < 4.78 is 5.48. The monoisotopic (exact) mass is 394 g/mol. The van der Waals surface area contributed by atoms with Crippen molar-refractivity contribution in [1.29, 1.82) is 0 Å². The van der Waals surface area contributed by atoms with E-state index < -0.39 is 0 Å². The third kappa shape index (κ3) is 7.55. The van der Waals surface area contributed by atoms with Gasteiger partial charge in [0.15, 0.2) is 5.11 Å². The summed E-state index contributed by atoms with van der Waals surface area (Å²) in [5.41, 5.74) is 2.12. The van der Waals surface area contributed by atoms with Crippen LogP contribution in [0.15, 0.2) is 48.5 Å². The Balaban J connectivity index is 1.61. The van der Waals surface area contributed by atoms with E-state index in [1.807, 2.05) is 61.2 Å². The molecule has 0 saturated heterocycles. The van der Waals surface area contributed by atoms with Crippen LogP contribution in [0.4, 0.5) is 5.69 Å². The van der Waals surface area contributed by atoms with E-state index >= 15 is 0 Å². The Hall–Kier alpha value is -1.43. The van der Waals surface area contributed by atoms with Crippen LogP contribution in [0.25, 0.3) is 0 Å². The van der Waals surface area contributed by atoms with Crippen LogP contribution < -0.4 is 15.4 Å². The predicted octanol–water partition coefficient (Wildman–Crippen LogP) is 5.35. The molecule has 0 atom stereocenters. The number of thiocarbonyl (C=S) groups is 1. The highest BCUT2D eigenvalue weighted by atomic mass is 35.5. The second kappa shape index (κ2) is 11.2. The van der Waals surface area contributed by atoms with E-state index in [2.05, 4.69) is 16.7 Å². The van der Waals surface area contributed by atoms with Crippen molar-refractivity contribution in [2.45, 2.75) is 19.1 Å². The van der Waals surface area contributed by atoms with Gasteiger partial charge < -0.3 is 15.4 Å². The summed E-state index contributed by atoms with van der Waals surface area (Å²) in [5.74, 6) is 2.83. The van der Waals surface area contributed by atoms with Gasteiger partial charge in [-0.2, -0.15) is 11.8 Å². The Morgan fingerprint density at radius 2 is 2.04 bits per heavy atom. The van der Waals surface area contributed by atoms with E-state index in [1.54, 1.807) is 0 Å². The zero-order valence-electron chi connectivity index (χ0n) is 14.3. The van der Waals surface area contributed by atoms with Crippen molar-refractivity contribution in [2.75, 3.05) is 24.2 Å². The second-order valence-corrected chi connectivity index (χ2v) is 7.26. The number of thioether (sulfide) groups is 1. The quantitative estimate of drug-likeness (QED) is 0.442. The minimum atomic E-state index is 0.629. The molecule has 0 aliphatic heterocycles. The fraction of sp³-hybridized carbons (Fsp3) is 0.316. The Morgan fingerprint density at radius 3 is 2.84 bits per heavy atom. The summed E-state index contributed by atoms with van der Waals surface area (Å²) in [6.45, 7) is 3.46. The molecule has 0 fully saturated rings. The molecule has 134 valence electrons. The van der Waals surface area contributed by atoms with Gasteiger partial charge >= 0.3 is 0 Å². The van der Waals surface area contributed by atoms with Crippen molar-refractivity contribution < 1.29 is 4.74 Å². The van der Waals surface area contributed by atoms with Crippen LogP contribution in [-0.4, -0.2) is 24.0 Å². The van der Waals surface area contributed by atoms with Gasteiger partial charge in [0.25, 0.3) is 0 Å². The zero-order chi connectivity index (χ0) is 17.9. The molecule has 0 spiro atoms. The van der Waals surface area contributed by atoms with Crippen molar-refractivity contribution in [2.24, 2.45) is 0 Å². The first-order valence-electron chi connectivity index (χ1n) is 8.28. The second-order valence-electron chi connectivity index (χ2n) is 5.34. The SMILES string of the molecule is CCOc1cccc(NC(=S)NCCCSCc2ccccc2Cl)c1. The lowest BCUT2D eigenvalue weighted by molar-refractivity contribution is 0.340. The smallest absolute Gasteiger partial charge is 0.170 e. The van der Waals surface area contributed by atoms with E-state index in [4.69, 9.17) is 28.6 Å². The van der Waals surface area contributed by atoms with Crippen LogP contribution in [-0.2, 0) is 5.75 Å². The van der Waals surface area contributed by atoms with Gasteiger partial charge in [0.2, 0.25) is 0 Å². The normalized spacial score (nSPS) is 10.3. The van der Waals surface area contributed by atoms with Crippen molar-refractivity contribution >= 4 is 46.4 Å². The molecule has 0 aromatic heterocycles. The van der Waals surface area contributed by atoms with Gasteiger partial charge in [-0.05, 0) is 55.1 Å². The topological polar surface area (TPSA) is 33.3 Å². The highest BCUT2D eigenvalue weighted by Gasteiger charge is 2.01. The first-order valence-corrected chi connectivity index (χ1v) is 10.2. The van der Waals surface area contributed by atoms with Gasteiger partial charge in [0.1, 0.15) is 5.75 Å². The van der Waals surface area contributed by atoms with E-state index in [9.17, 15) is 0 Å². The lowest BCUT2D eigenvalue weighted by atomic mass is 10.2. The Bertz CT molecular complexity index is 682. The van der Waals surface area contributed by atoms with Crippen molar-refractivity contribution in [3.63, 3.8) is 0 Å². The molecular weight excluding hydrogens is 372 g/mol. The number of ether oxygens (including phenoxy) is 1. The van der Waals surface area contributed by atoms with Crippen molar-refractivity contribution in [3.8, 4) is 5.75 Å². The maximum Gasteiger partial charge on any atom is 0.170 e. The number of anilines is 1. The van der Waals surface area contributed by atoms with Crippen molar-refractivity contribution in [3.05, 3.63) is 59.1 Å². The van der Waals surface area contributed by atoms with Gasteiger partial charge in [0.05, 0.1) is 6.61 Å². The number of benzene rings is 2. The zero-order valence-corrected chi connectivity index (χ0v) is 16.6. The lowest BCUT2D eigenvalue weighted by Crippen LogP contribution is -2.29. The van der Waals surface area contributed by atoms with Crippen molar-refractivity contribution in [1.82, 2.24) is 5.32 Å². The van der Waals surface area contributed by atoms with Crippen LogP contribution >= 0.6 is 35.6 Å². The van der Waals surface area contributed by atoms with Gasteiger partial charge in [-0.15, -0.1) is 0 Å². The highest BCUT2D eigenvalue weighted by molar-refractivity contribution is 7.98. The maximum atomic E-state index is 6.15. The molecule has 2 rings (SSSR count). The molecule has 0 unspecified atom stereocenters. The van der Waals surface area contributed by atoms with Gasteiger partial charge in [0, 0.05) is 29.1 Å². The fourth-order valence-corrected chi connectivity index (χ4v) is 3.65. The molecule has 2 aromatic carbocycles. The number of rotatable bonds is 9. The van der Waals surface area contributed by atoms with Gasteiger partial charge in [-0.25, -0.2) is 0 Å². The van der Waals surface area contributed by atoms with Crippen LogP contribution in [0.2, 0.25) is 5.02 Å². The van der Waals surface area contributed by atoms with Crippen LogP contribution in [0.3, 0.4) is 0 Å². The molecule has 0 aliphatic rings. The average molecular weight is 395 g/mol. The van der Waals surface area contributed by atoms with Crippen LogP contribution in [0.1, 0.15) is 18.9 Å². The number of nitrogens with one attached hydrogen (secondary N) is 2. The minimum Gasteiger partial charge on any atom is -0.494 e. The summed E-state index contributed by atoms with van der Waals surface area (Å²) in [5, 5.41) is 7.88. The summed E-state index contributed by atoms with van der Waals surface area (Å²) in [4.78, 5) is 0. The van der Waals surface area contributed by atoms with E-state index in [1.165, 1.54) is 5.56 Å². The first kappa shape index (κ1) is 19.9. The summed E-state index contributed by atoms with van der Waals surface area (Å²) in [6, 6.07) is 15.8. The van der Waals surface area contributed by atoms with Crippen LogP contribution in [0, 0.1) is 0 Å². The Labute approximate surface area is 164 Å². The Kier molecular flexibility index (Phi) is 8.94. The minimum absolute atomic E-state index is 0.629. The van der Waals surface area contributed by atoms with E-state index in [0.29, 0.717) is 11.7 Å². The molecule has 0 amide bonds. The maximum absolute atomic E-state index is 6.15. The first-order chi connectivity index (χ1) is 12.2. The molecule has 2 aromatic rings. The van der Waals surface area contributed by atoms with Crippen LogP contribution in [0.5, 0.6) is 5.75 Å².